The van der Waals surface area contributed by atoms with E-state index in [1.54, 1.807) is 10.5 Å². The van der Waals surface area contributed by atoms with Gasteiger partial charge in [-0.25, -0.2) is 4.98 Å². The zero-order valence-corrected chi connectivity index (χ0v) is 13.5. The number of rotatable bonds is 3. The van der Waals surface area contributed by atoms with Crippen LogP contribution in [0.2, 0.25) is 0 Å². The molecule has 0 radical (unpaired) electrons. The lowest BCUT2D eigenvalue weighted by Crippen LogP contribution is -2.45. The summed E-state index contributed by atoms with van der Waals surface area (Å²) in [5.41, 5.74) is 7.38. The Kier molecular flexibility index (Phi) is 5.34. The lowest BCUT2D eigenvalue weighted by Gasteiger charge is -2.31. The summed E-state index contributed by atoms with van der Waals surface area (Å²) in [6.45, 7) is 5.43. The Hall–Kier alpha value is -0.990. The number of aromatic nitrogens is 2. The average Bonchev–Trinajstić information content (AvgIpc) is 2.81. The molecule has 2 N–H and O–H groups in total. The van der Waals surface area contributed by atoms with Gasteiger partial charge in [0.15, 0.2) is 4.96 Å². The second kappa shape index (κ2) is 6.85. The third-order valence-electron chi connectivity index (χ3n) is 3.50. The average molecular weight is 331 g/mol. The summed E-state index contributed by atoms with van der Waals surface area (Å²) >= 11 is 1.50. The molecule has 2 aromatic rings. The maximum Gasteiger partial charge on any atom is 0.259 e. The lowest BCUT2D eigenvalue weighted by atomic mass is 10.2. The predicted octanol–water partition coefficient (Wildman–Crippen LogP) is 0.646. The Morgan fingerprint density at radius 1 is 1.57 bits per heavy atom. The van der Waals surface area contributed by atoms with Crippen LogP contribution in [0.3, 0.4) is 0 Å². The molecule has 0 bridgehead atoms. The van der Waals surface area contributed by atoms with Crippen LogP contribution in [0, 0.1) is 6.92 Å². The molecule has 0 amide bonds. The molecule has 2 aromatic heterocycles. The number of hydrogen-bond acceptors (Lipinski definition) is 6. The number of thiazole rings is 1. The number of nitrogens with zero attached hydrogens (tertiary/aromatic N) is 3. The zero-order valence-electron chi connectivity index (χ0n) is 11.8. The number of fused-ring (bicyclic) bond motifs is 1. The minimum atomic E-state index is -0.00705. The monoisotopic (exact) mass is 330 g/mol. The number of nitrogens with two attached hydrogens (primary N) is 1. The highest BCUT2D eigenvalue weighted by atomic mass is 35.5. The van der Waals surface area contributed by atoms with Crippen molar-refractivity contribution in [3.8, 4) is 0 Å². The first kappa shape index (κ1) is 16.4. The van der Waals surface area contributed by atoms with E-state index in [-0.39, 0.29) is 24.1 Å². The van der Waals surface area contributed by atoms with E-state index in [9.17, 15) is 4.79 Å². The Labute approximate surface area is 132 Å². The molecule has 1 aliphatic heterocycles. The summed E-state index contributed by atoms with van der Waals surface area (Å²) in [5.74, 6) is 0. The van der Waals surface area contributed by atoms with Crippen molar-refractivity contribution in [3.63, 3.8) is 0 Å². The highest BCUT2D eigenvalue weighted by Crippen LogP contribution is 2.13. The Bertz CT molecular complexity index is 672. The van der Waals surface area contributed by atoms with Gasteiger partial charge in [-0.1, -0.05) is 0 Å². The molecule has 1 atom stereocenters. The van der Waals surface area contributed by atoms with Crippen LogP contribution in [-0.4, -0.2) is 46.6 Å². The first-order valence-electron chi connectivity index (χ1n) is 6.68. The van der Waals surface area contributed by atoms with Gasteiger partial charge in [0.1, 0.15) is 0 Å². The molecular weight excluding hydrogens is 312 g/mol. The summed E-state index contributed by atoms with van der Waals surface area (Å²) in [4.78, 5) is 19.7. The predicted molar refractivity (Wildman–Crippen MR) is 85.4 cm³/mol. The van der Waals surface area contributed by atoms with Gasteiger partial charge in [0.25, 0.3) is 5.56 Å². The van der Waals surface area contributed by atoms with Crippen molar-refractivity contribution in [3.05, 3.63) is 33.2 Å². The number of aryl methyl sites for hydroxylation is 1. The molecule has 3 heterocycles. The fourth-order valence-corrected chi connectivity index (χ4v) is 3.37. The minimum Gasteiger partial charge on any atom is -0.374 e. The fourth-order valence-electron chi connectivity index (χ4n) is 2.48. The standard InChI is InChI=1S/C13H18N4O2S.ClH/c1-9-8-20-13-15-10(4-12(18)17(9)13)6-16-2-3-19-11(5-14)7-16;/h4,8,11H,2-3,5-7,14H2,1H3;1H. The van der Waals surface area contributed by atoms with Crippen molar-refractivity contribution in [2.45, 2.75) is 19.6 Å². The first-order valence-corrected chi connectivity index (χ1v) is 7.56. The minimum absolute atomic E-state index is 0. The van der Waals surface area contributed by atoms with Gasteiger partial charge in [-0.15, -0.1) is 23.7 Å². The van der Waals surface area contributed by atoms with Crippen molar-refractivity contribution in [2.75, 3.05) is 26.2 Å². The molecule has 1 unspecified atom stereocenters. The van der Waals surface area contributed by atoms with E-state index >= 15 is 0 Å². The normalized spacial score (nSPS) is 19.6. The van der Waals surface area contributed by atoms with E-state index in [1.165, 1.54) is 11.3 Å². The quantitative estimate of drug-likeness (QED) is 0.894. The van der Waals surface area contributed by atoms with E-state index in [1.807, 2.05) is 12.3 Å². The molecule has 0 saturated carbocycles. The van der Waals surface area contributed by atoms with E-state index in [2.05, 4.69) is 9.88 Å². The maximum atomic E-state index is 12.1. The summed E-state index contributed by atoms with van der Waals surface area (Å²) in [7, 11) is 0. The van der Waals surface area contributed by atoms with E-state index in [4.69, 9.17) is 10.5 Å². The fraction of sp³-hybridized carbons (Fsp3) is 0.538. The van der Waals surface area contributed by atoms with Crippen LogP contribution in [0.1, 0.15) is 11.4 Å². The van der Waals surface area contributed by atoms with Crippen molar-refractivity contribution < 1.29 is 4.74 Å². The van der Waals surface area contributed by atoms with Gasteiger partial charge in [0.05, 0.1) is 18.4 Å². The van der Waals surface area contributed by atoms with Gasteiger partial charge in [-0.2, -0.15) is 0 Å². The van der Waals surface area contributed by atoms with Crippen LogP contribution in [-0.2, 0) is 11.3 Å². The smallest absolute Gasteiger partial charge is 0.259 e. The zero-order chi connectivity index (χ0) is 14.1. The summed E-state index contributed by atoms with van der Waals surface area (Å²) in [6, 6.07) is 1.62. The van der Waals surface area contributed by atoms with Gasteiger partial charge < -0.3 is 10.5 Å². The number of morpholine rings is 1. The first-order chi connectivity index (χ1) is 9.67. The van der Waals surface area contributed by atoms with Gasteiger partial charge in [0, 0.05) is 43.3 Å². The molecule has 3 rings (SSSR count). The molecular formula is C13H19ClN4O2S. The Balaban J connectivity index is 0.00000161. The molecule has 21 heavy (non-hydrogen) atoms. The Morgan fingerprint density at radius 3 is 3.14 bits per heavy atom. The summed E-state index contributed by atoms with van der Waals surface area (Å²) in [5, 5.41) is 1.95. The molecule has 1 aliphatic rings. The van der Waals surface area contributed by atoms with Crippen molar-refractivity contribution in [2.24, 2.45) is 5.73 Å². The molecule has 8 heteroatoms. The van der Waals surface area contributed by atoms with Crippen LogP contribution in [0.5, 0.6) is 0 Å². The van der Waals surface area contributed by atoms with E-state index in [0.29, 0.717) is 19.7 Å². The van der Waals surface area contributed by atoms with Gasteiger partial charge >= 0.3 is 0 Å². The van der Waals surface area contributed by atoms with Crippen LogP contribution in [0.15, 0.2) is 16.2 Å². The Morgan fingerprint density at radius 2 is 2.38 bits per heavy atom. The maximum absolute atomic E-state index is 12.1. The molecule has 0 aliphatic carbocycles. The molecule has 1 saturated heterocycles. The van der Waals surface area contributed by atoms with Crippen molar-refractivity contribution in [1.29, 1.82) is 0 Å². The van der Waals surface area contributed by atoms with Crippen molar-refractivity contribution in [1.82, 2.24) is 14.3 Å². The SMILES string of the molecule is Cc1csc2nc(CN3CCOC(CN)C3)cc(=O)n12.Cl. The number of ether oxygens (including phenoxy) is 1. The summed E-state index contributed by atoms with van der Waals surface area (Å²) in [6.07, 6.45) is 0.0811. The van der Waals surface area contributed by atoms with Gasteiger partial charge in [-0.05, 0) is 6.92 Å². The second-order valence-electron chi connectivity index (χ2n) is 5.04. The topological polar surface area (TPSA) is 72.9 Å². The molecule has 6 nitrogen and oxygen atoms in total. The van der Waals surface area contributed by atoms with Crippen LogP contribution < -0.4 is 11.3 Å². The number of halogens is 1. The molecule has 116 valence electrons. The third-order valence-corrected chi connectivity index (χ3v) is 4.44. The lowest BCUT2D eigenvalue weighted by molar-refractivity contribution is -0.0264. The highest BCUT2D eigenvalue weighted by molar-refractivity contribution is 7.15. The van der Waals surface area contributed by atoms with Crippen molar-refractivity contribution >= 4 is 28.7 Å². The molecule has 0 aromatic carbocycles. The van der Waals surface area contributed by atoms with Crippen LogP contribution >= 0.6 is 23.7 Å². The third kappa shape index (κ3) is 3.44. The summed E-state index contributed by atoms with van der Waals surface area (Å²) < 4.78 is 7.19. The van der Waals surface area contributed by atoms with Crippen LogP contribution in [0.4, 0.5) is 0 Å². The van der Waals surface area contributed by atoms with E-state index in [0.717, 1.165) is 29.4 Å². The highest BCUT2D eigenvalue weighted by Gasteiger charge is 2.20. The second-order valence-corrected chi connectivity index (χ2v) is 5.88. The molecule has 0 spiro atoms. The van der Waals surface area contributed by atoms with Gasteiger partial charge in [-0.3, -0.25) is 14.1 Å². The van der Waals surface area contributed by atoms with Gasteiger partial charge in [0.2, 0.25) is 0 Å². The number of hydrogen-bond donors (Lipinski definition) is 1. The van der Waals surface area contributed by atoms with Crippen LogP contribution in [0.25, 0.3) is 4.96 Å². The largest absolute Gasteiger partial charge is 0.374 e. The van der Waals surface area contributed by atoms with E-state index < -0.39 is 0 Å². The molecule has 1 fully saturated rings.